The van der Waals surface area contributed by atoms with Crippen molar-refractivity contribution in [2.24, 2.45) is 0 Å². The first kappa shape index (κ1) is 21.8. The smallest absolute Gasteiger partial charge is 0.320 e. The molecule has 0 atom stereocenters. The summed E-state index contributed by atoms with van der Waals surface area (Å²) in [7, 11) is -3.53. The van der Waals surface area contributed by atoms with E-state index in [1.165, 1.54) is 16.4 Å². The fourth-order valence-corrected chi connectivity index (χ4v) is 5.87. The number of piperidine rings is 1. The molecule has 2 saturated heterocycles. The molecule has 2 fully saturated rings. The number of halogens is 1. The number of hydrogen-bond acceptors (Lipinski definition) is 3. The second kappa shape index (κ2) is 8.59. The van der Waals surface area contributed by atoms with Crippen molar-refractivity contribution in [3.63, 3.8) is 0 Å². The molecule has 2 aliphatic heterocycles. The molecule has 0 spiro atoms. The average Bonchev–Trinajstić information content (AvgIpc) is 3.12. The molecule has 0 N–H and O–H groups in total. The van der Waals surface area contributed by atoms with E-state index in [0.29, 0.717) is 50.5 Å². The van der Waals surface area contributed by atoms with Crippen molar-refractivity contribution in [3.05, 3.63) is 65.0 Å². The zero-order valence-electron chi connectivity index (χ0n) is 17.9. The molecular weight excluding hydrogens is 417 g/mol. The third-order valence-electron chi connectivity index (χ3n) is 6.39. The van der Waals surface area contributed by atoms with Gasteiger partial charge in [-0.15, -0.1) is 0 Å². The first-order valence-electron chi connectivity index (χ1n) is 10.6. The van der Waals surface area contributed by atoms with Crippen LogP contribution in [0.25, 0.3) is 0 Å². The third kappa shape index (κ3) is 4.45. The minimum atomic E-state index is -3.53. The fourth-order valence-electron chi connectivity index (χ4n) is 4.31. The number of amides is 2. The largest absolute Gasteiger partial charge is 0.320 e. The van der Waals surface area contributed by atoms with Gasteiger partial charge < -0.3 is 9.80 Å². The minimum Gasteiger partial charge on any atom is -0.320 e. The molecule has 0 saturated carbocycles. The van der Waals surface area contributed by atoms with Gasteiger partial charge >= 0.3 is 6.03 Å². The van der Waals surface area contributed by atoms with Gasteiger partial charge in [-0.25, -0.2) is 17.6 Å². The molecular formula is C23H28FN3O3S. The molecule has 0 bridgehead atoms. The second-order valence-corrected chi connectivity index (χ2v) is 10.3. The highest BCUT2D eigenvalue weighted by atomic mass is 32.2. The standard InChI is InChI=1S/C23H28FN3O3S/c1-17-3-8-22(15-18(17)2)31(29,30)26-11-9-21(10-12-26)27-14-13-25(23(27)28)16-19-4-6-20(24)7-5-19/h3-8,15,21H,9-14,16H2,1-2H3. The van der Waals surface area contributed by atoms with E-state index < -0.39 is 10.0 Å². The molecule has 0 radical (unpaired) electrons. The summed E-state index contributed by atoms with van der Waals surface area (Å²) in [6.07, 6.45) is 1.25. The molecule has 8 heteroatoms. The Bertz CT molecular complexity index is 1060. The molecule has 2 heterocycles. The Hall–Kier alpha value is -2.45. The van der Waals surface area contributed by atoms with Gasteiger partial charge in [0.05, 0.1) is 4.90 Å². The lowest BCUT2D eigenvalue weighted by Crippen LogP contribution is -2.47. The Morgan fingerprint density at radius 3 is 2.26 bits per heavy atom. The molecule has 6 nitrogen and oxygen atoms in total. The average molecular weight is 446 g/mol. The van der Waals surface area contributed by atoms with E-state index >= 15 is 0 Å². The van der Waals surface area contributed by atoms with Gasteiger partial charge in [0, 0.05) is 38.8 Å². The molecule has 0 aromatic heterocycles. The predicted octanol–water partition coefficient (Wildman–Crippen LogP) is 3.53. The Balaban J connectivity index is 1.37. The van der Waals surface area contributed by atoms with Crippen LogP contribution in [0.15, 0.2) is 47.4 Å². The lowest BCUT2D eigenvalue weighted by atomic mass is 10.1. The van der Waals surface area contributed by atoms with Crippen molar-refractivity contribution in [3.8, 4) is 0 Å². The highest BCUT2D eigenvalue weighted by molar-refractivity contribution is 7.89. The third-order valence-corrected chi connectivity index (χ3v) is 8.29. The summed E-state index contributed by atoms with van der Waals surface area (Å²) in [6, 6.07) is 11.4. The zero-order valence-corrected chi connectivity index (χ0v) is 18.7. The van der Waals surface area contributed by atoms with Crippen LogP contribution in [0.5, 0.6) is 0 Å². The number of carbonyl (C=O) groups excluding carboxylic acids is 1. The summed E-state index contributed by atoms with van der Waals surface area (Å²) >= 11 is 0. The maximum Gasteiger partial charge on any atom is 0.320 e. The monoisotopic (exact) mass is 445 g/mol. The lowest BCUT2D eigenvalue weighted by Gasteiger charge is -2.36. The molecule has 2 aromatic rings. The Labute approximate surface area is 183 Å². The highest BCUT2D eigenvalue weighted by Crippen LogP contribution is 2.27. The van der Waals surface area contributed by atoms with Gasteiger partial charge in [0.25, 0.3) is 0 Å². The summed E-state index contributed by atoms with van der Waals surface area (Å²) < 4.78 is 40.7. The summed E-state index contributed by atoms with van der Waals surface area (Å²) in [4.78, 5) is 16.9. The van der Waals surface area contributed by atoms with Crippen LogP contribution in [0.1, 0.15) is 29.5 Å². The molecule has 0 unspecified atom stereocenters. The number of sulfonamides is 1. The number of carbonyl (C=O) groups is 1. The molecule has 4 rings (SSSR count). The first-order valence-corrected chi connectivity index (χ1v) is 12.1. The topological polar surface area (TPSA) is 60.9 Å². The van der Waals surface area contributed by atoms with Crippen LogP contribution in [-0.2, 0) is 16.6 Å². The lowest BCUT2D eigenvalue weighted by molar-refractivity contribution is 0.153. The van der Waals surface area contributed by atoms with Gasteiger partial charge in [-0.1, -0.05) is 18.2 Å². The summed E-state index contributed by atoms with van der Waals surface area (Å²) in [5, 5.41) is 0. The predicted molar refractivity (Wildman–Crippen MR) is 117 cm³/mol. The number of nitrogens with zero attached hydrogens (tertiary/aromatic N) is 3. The van der Waals surface area contributed by atoms with Gasteiger partial charge in [0.1, 0.15) is 5.82 Å². The van der Waals surface area contributed by atoms with Crippen molar-refractivity contribution in [2.75, 3.05) is 26.2 Å². The highest BCUT2D eigenvalue weighted by Gasteiger charge is 2.37. The number of aryl methyl sites for hydroxylation is 2. The van der Waals surface area contributed by atoms with E-state index in [1.54, 1.807) is 29.2 Å². The second-order valence-electron chi connectivity index (χ2n) is 8.41. The van der Waals surface area contributed by atoms with Crippen molar-refractivity contribution < 1.29 is 17.6 Å². The quantitative estimate of drug-likeness (QED) is 0.707. The van der Waals surface area contributed by atoms with E-state index in [0.717, 1.165) is 16.7 Å². The van der Waals surface area contributed by atoms with Gasteiger partial charge in [-0.05, 0) is 67.6 Å². The van der Waals surface area contributed by atoms with E-state index in [9.17, 15) is 17.6 Å². The van der Waals surface area contributed by atoms with E-state index in [4.69, 9.17) is 0 Å². The van der Waals surface area contributed by atoms with E-state index in [-0.39, 0.29) is 17.9 Å². The van der Waals surface area contributed by atoms with Crippen LogP contribution >= 0.6 is 0 Å². The SMILES string of the molecule is Cc1ccc(S(=O)(=O)N2CCC(N3CCN(Cc4ccc(F)cc4)C3=O)CC2)cc1C. The van der Waals surface area contributed by atoms with Crippen LogP contribution in [0.4, 0.5) is 9.18 Å². The van der Waals surface area contributed by atoms with Crippen LogP contribution in [0.2, 0.25) is 0 Å². The van der Waals surface area contributed by atoms with E-state index in [1.807, 2.05) is 24.8 Å². The zero-order chi connectivity index (χ0) is 22.2. The summed E-state index contributed by atoms with van der Waals surface area (Å²) in [6.45, 7) is 6.39. The first-order chi connectivity index (χ1) is 14.8. The maximum atomic E-state index is 13.1. The van der Waals surface area contributed by atoms with Crippen LogP contribution in [0, 0.1) is 19.7 Å². The minimum absolute atomic E-state index is 0.0280. The van der Waals surface area contributed by atoms with Gasteiger partial charge in [0.15, 0.2) is 0 Å². The number of urea groups is 1. The van der Waals surface area contributed by atoms with Crippen molar-refractivity contribution in [2.45, 2.75) is 44.2 Å². The van der Waals surface area contributed by atoms with E-state index in [2.05, 4.69) is 0 Å². The van der Waals surface area contributed by atoms with Crippen molar-refractivity contribution in [1.29, 1.82) is 0 Å². The van der Waals surface area contributed by atoms with Crippen LogP contribution in [-0.4, -0.2) is 60.8 Å². The van der Waals surface area contributed by atoms with Crippen LogP contribution < -0.4 is 0 Å². The Morgan fingerprint density at radius 2 is 1.61 bits per heavy atom. The Kier molecular flexibility index (Phi) is 6.03. The molecule has 31 heavy (non-hydrogen) atoms. The maximum absolute atomic E-state index is 13.1. The summed E-state index contributed by atoms with van der Waals surface area (Å²) in [5.41, 5.74) is 2.92. The number of benzene rings is 2. The normalized spacial score (nSPS) is 18.7. The molecule has 2 aliphatic rings. The Morgan fingerprint density at radius 1 is 0.935 bits per heavy atom. The van der Waals surface area contributed by atoms with Crippen LogP contribution in [0.3, 0.4) is 0 Å². The molecule has 0 aliphatic carbocycles. The summed E-state index contributed by atoms with van der Waals surface area (Å²) in [5.74, 6) is -0.291. The molecule has 166 valence electrons. The fraction of sp³-hybridized carbons (Fsp3) is 0.435. The molecule has 2 amide bonds. The van der Waals surface area contributed by atoms with Gasteiger partial charge in [0.2, 0.25) is 10.0 Å². The van der Waals surface area contributed by atoms with Gasteiger partial charge in [-0.3, -0.25) is 0 Å². The molecule has 2 aromatic carbocycles. The van der Waals surface area contributed by atoms with Crippen molar-refractivity contribution >= 4 is 16.1 Å². The number of hydrogen-bond donors (Lipinski definition) is 0. The van der Waals surface area contributed by atoms with Gasteiger partial charge in [-0.2, -0.15) is 4.31 Å². The number of rotatable bonds is 5. The van der Waals surface area contributed by atoms with Crippen molar-refractivity contribution in [1.82, 2.24) is 14.1 Å².